The molecule has 0 spiro atoms. The molecule has 0 bridgehead atoms. The van der Waals surface area contributed by atoms with Crippen LogP contribution in [0.5, 0.6) is 0 Å². The molecule has 0 radical (unpaired) electrons. The Morgan fingerprint density at radius 3 is 2.41 bits per heavy atom. The molecule has 1 aromatic heterocycles. The van der Waals surface area contributed by atoms with Crippen LogP contribution in [-0.2, 0) is 9.59 Å². The van der Waals surface area contributed by atoms with E-state index in [0.717, 1.165) is 5.82 Å². The van der Waals surface area contributed by atoms with Gasteiger partial charge in [0.15, 0.2) is 0 Å². The van der Waals surface area contributed by atoms with E-state index in [9.17, 15) is 22.8 Å². The number of rotatable bonds is 3. The first kappa shape index (κ1) is 16.1. The first-order chi connectivity index (χ1) is 10.4. The minimum atomic E-state index is -4.97. The smallest absolute Gasteiger partial charge is 0.353 e. The molecule has 0 unspecified atom stereocenters. The van der Waals surface area contributed by atoms with Gasteiger partial charge in [-0.1, -0.05) is 6.07 Å². The van der Waals surface area contributed by atoms with Crippen LogP contribution in [-0.4, -0.2) is 60.6 Å². The number of nitrogens with zero attached hydrogens (tertiary/aromatic N) is 3. The molecule has 0 aromatic carbocycles. The summed E-state index contributed by atoms with van der Waals surface area (Å²) in [6.07, 6.45) is -3.31. The van der Waals surface area contributed by atoms with E-state index >= 15 is 0 Å². The second-order valence-electron chi connectivity index (χ2n) is 4.74. The molecule has 1 aliphatic heterocycles. The van der Waals surface area contributed by atoms with Crippen molar-refractivity contribution in [3.05, 3.63) is 24.4 Å². The van der Waals surface area contributed by atoms with Crippen LogP contribution in [0, 0.1) is 0 Å². The number of carbonyl (C=O) groups excluding carboxylic acids is 2. The van der Waals surface area contributed by atoms with Gasteiger partial charge in [-0.3, -0.25) is 9.59 Å². The van der Waals surface area contributed by atoms with E-state index in [4.69, 9.17) is 0 Å². The van der Waals surface area contributed by atoms with Gasteiger partial charge in [0.05, 0.1) is 6.54 Å². The maximum absolute atomic E-state index is 12.0. The van der Waals surface area contributed by atoms with E-state index in [1.807, 2.05) is 17.0 Å². The third kappa shape index (κ3) is 4.09. The van der Waals surface area contributed by atoms with Crippen molar-refractivity contribution in [2.24, 2.45) is 0 Å². The molecule has 1 N–H and O–H groups in total. The summed E-state index contributed by atoms with van der Waals surface area (Å²) in [4.78, 5) is 30.1. The Morgan fingerprint density at radius 1 is 1.18 bits per heavy atom. The molecule has 0 aliphatic carbocycles. The predicted octanol–water partition coefficient (Wildman–Crippen LogP) is 0.409. The highest BCUT2D eigenvalue weighted by atomic mass is 19.4. The molecule has 9 heteroatoms. The van der Waals surface area contributed by atoms with Crippen molar-refractivity contribution in [2.45, 2.75) is 6.18 Å². The molecule has 1 saturated heterocycles. The number of piperazine rings is 1. The van der Waals surface area contributed by atoms with Crippen LogP contribution >= 0.6 is 0 Å². The van der Waals surface area contributed by atoms with Crippen molar-refractivity contribution in [3.8, 4) is 0 Å². The fourth-order valence-electron chi connectivity index (χ4n) is 2.09. The number of carbonyl (C=O) groups is 2. The van der Waals surface area contributed by atoms with Gasteiger partial charge < -0.3 is 15.1 Å². The van der Waals surface area contributed by atoms with Crippen molar-refractivity contribution in [2.75, 3.05) is 37.6 Å². The van der Waals surface area contributed by atoms with Crippen molar-refractivity contribution < 1.29 is 22.8 Å². The summed E-state index contributed by atoms with van der Waals surface area (Å²) < 4.78 is 36.1. The first-order valence-electron chi connectivity index (χ1n) is 6.66. The number of halogens is 3. The lowest BCUT2D eigenvalue weighted by Gasteiger charge is -2.35. The van der Waals surface area contributed by atoms with Gasteiger partial charge in [-0.15, -0.1) is 0 Å². The standard InChI is InChI=1S/C13H15F3N4O2/c14-13(15,16)12(22)18-9-11(21)20-7-5-19(6-8-20)10-3-1-2-4-17-10/h1-4H,5-9H2,(H,18,22). The van der Waals surface area contributed by atoms with Crippen LogP contribution in [0.15, 0.2) is 24.4 Å². The molecule has 120 valence electrons. The predicted molar refractivity (Wildman–Crippen MR) is 72.1 cm³/mol. The Hall–Kier alpha value is -2.32. The molecule has 6 nitrogen and oxygen atoms in total. The second kappa shape index (κ2) is 6.63. The Bertz CT molecular complexity index is 528. The van der Waals surface area contributed by atoms with Gasteiger partial charge in [0, 0.05) is 32.4 Å². The molecule has 1 aromatic rings. The van der Waals surface area contributed by atoms with Crippen molar-refractivity contribution >= 4 is 17.6 Å². The maximum Gasteiger partial charge on any atom is 0.471 e. The number of pyridine rings is 1. The van der Waals surface area contributed by atoms with Gasteiger partial charge in [0.25, 0.3) is 0 Å². The van der Waals surface area contributed by atoms with E-state index < -0.39 is 24.5 Å². The molecule has 1 aliphatic rings. The molecule has 2 heterocycles. The highest BCUT2D eigenvalue weighted by molar-refractivity contribution is 5.87. The number of nitrogens with one attached hydrogen (secondary N) is 1. The second-order valence-corrected chi connectivity index (χ2v) is 4.74. The summed E-state index contributed by atoms with van der Waals surface area (Å²) in [5, 5.41) is 1.58. The van der Waals surface area contributed by atoms with Crippen LogP contribution in [0.2, 0.25) is 0 Å². The van der Waals surface area contributed by atoms with Gasteiger partial charge in [-0.25, -0.2) is 4.98 Å². The van der Waals surface area contributed by atoms with Crippen LogP contribution < -0.4 is 10.2 Å². The van der Waals surface area contributed by atoms with Crippen molar-refractivity contribution in [1.29, 1.82) is 0 Å². The third-order valence-corrected chi connectivity index (χ3v) is 3.26. The Labute approximate surface area is 124 Å². The average molecular weight is 316 g/mol. The van der Waals surface area contributed by atoms with E-state index in [-0.39, 0.29) is 0 Å². The minimum absolute atomic E-state index is 0.372. The van der Waals surface area contributed by atoms with E-state index in [1.165, 1.54) is 4.90 Å². The quantitative estimate of drug-likeness (QED) is 0.877. The molecular weight excluding hydrogens is 301 g/mol. The number of hydrogen-bond donors (Lipinski definition) is 1. The van der Waals surface area contributed by atoms with E-state index in [2.05, 4.69) is 4.98 Å². The lowest BCUT2D eigenvalue weighted by atomic mass is 10.3. The minimum Gasteiger partial charge on any atom is -0.353 e. The summed E-state index contributed by atoms with van der Waals surface area (Å²) in [6, 6.07) is 5.50. The molecule has 2 amide bonds. The number of alkyl halides is 3. The average Bonchev–Trinajstić information content (AvgIpc) is 2.52. The zero-order valence-corrected chi connectivity index (χ0v) is 11.6. The van der Waals surface area contributed by atoms with Crippen LogP contribution in [0.25, 0.3) is 0 Å². The summed E-state index contributed by atoms with van der Waals surface area (Å²) in [6.45, 7) is 1.17. The molecule has 0 atom stereocenters. The van der Waals surface area contributed by atoms with Crippen molar-refractivity contribution in [1.82, 2.24) is 15.2 Å². The van der Waals surface area contributed by atoms with Gasteiger partial charge in [0.2, 0.25) is 5.91 Å². The molecule has 2 rings (SSSR count). The van der Waals surface area contributed by atoms with Gasteiger partial charge in [-0.2, -0.15) is 13.2 Å². The van der Waals surface area contributed by atoms with Crippen LogP contribution in [0.4, 0.5) is 19.0 Å². The largest absolute Gasteiger partial charge is 0.471 e. The fourth-order valence-corrected chi connectivity index (χ4v) is 2.09. The maximum atomic E-state index is 12.0. The molecule has 22 heavy (non-hydrogen) atoms. The highest BCUT2D eigenvalue weighted by Crippen LogP contribution is 2.14. The molecule has 0 saturated carbocycles. The van der Waals surface area contributed by atoms with Crippen molar-refractivity contribution in [3.63, 3.8) is 0 Å². The summed E-state index contributed by atoms with van der Waals surface area (Å²) in [5.74, 6) is -1.84. The lowest BCUT2D eigenvalue weighted by Crippen LogP contribution is -2.52. The topological polar surface area (TPSA) is 65.5 Å². The number of amides is 2. The summed E-state index contributed by atoms with van der Waals surface area (Å²) >= 11 is 0. The number of aromatic nitrogens is 1. The monoisotopic (exact) mass is 316 g/mol. The van der Waals surface area contributed by atoms with Crippen LogP contribution in [0.1, 0.15) is 0 Å². The van der Waals surface area contributed by atoms with E-state index in [1.54, 1.807) is 17.6 Å². The third-order valence-electron chi connectivity index (χ3n) is 3.26. The normalized spacial score (nSPS) is 15.6. The molecule has 1 fully saturated rings. The van der Waals surface area contributed by atoms with E-state index in [0.29, 0.717) is 26.2 Å². The van der Waals surface area contributed by atoms with Crippen LogP contribution in [0.3, 0.4) is 0 Å². The Kier molecular flexibility index (Phi) is 4.84. The molecular formula is C13H15F3N4O2. The summed E-state index contributed by atoms with van der Waals surface area (Å²) in [7, 11) is 0. The fraction of sp³-hybridized carbons (Fsp3) is 0.462. The Balaban J connectivity index is 1.79. The van der Waals surface area contributed by atoms with Gasteiger partial charge in [-0.05, 0) is 12.1 Å². The SMILES string of the molecule is O=C(CNC(=O)C(F)(F)F)N1CCN(c2ccccn2)CC1. The van der Waals surface area contributed by atoms with Gasteiger partial charge >= 0.3 is 12.1 Å². The zero-order chi connectivity index (χ0) is 16.2. The highest BCUT2D eigenvalue weighted by Gasteiger charge is 2.38. The Morgan fingerprint density at radius 2 is 1.86 bits per heavy atom. The zero-order valence-electron chi connectivity index (χ0n) is 11.6. The van der Waals surface area contributed by atoms with Gasteiger partial charge in [0.1, 0.15) is 5.82 Å². The first-order valence-corrected chi connectivity index (χ1v) is 6.66. The number of anilines is 1. The lowest BCUT2D eigenvalue weighted by molar-refractivity contribution is -0.174. The summed E-state index contributed by atoms with van der Waals surface area (Å²) in [5.41, 5.74) is 0. The number of hydrogen-bond acceptors (Lipinski definition) is 4.